The van der Waals surface area contributed by atoms with E-state index in [9.17, 15) is 14.0 Å². The summed E-state index contributed by atoms with van der Waals surface area (Å²) in [4.78, 5) is 24.5. The van der Waals surface area contributed by atoms with Gasteiger partial charge in [-0.25, -0.2) is 4.39 Å². The van der Waals surface area contributed by atoms with Gasteiger partial charge in [0.05, 0.1) is 18.4 Å². The molecule has 1 atom stereocenters. The average Bonchev–Trinajstić information content (AvgIpc) is 3.53. The van der Waals surface area contributed by atoms with Crippen LogP contribution >= 0.6 is 11.8 Å². The summed E-state index contributed by atoms with van der Waals surface area (Å²) >= 11 is 1.31. The number of aryl methyl sites for hydroxylation is 3. The van der Waals surface area contributed by atoms with Crippen LogP contribution in [-0.2, 0) is 22.5 Å². The van der Waals surface area contributed by atoms with Gasteiger partial charge in [0.2, 0.25) is 5.91 Å². The number of hydrogen-bond acceptors (Lipinski definition) is 6. The number of primary amides is 1. The number of ether oxygens (including phenoxy) is 1. The average molecular weight is 500 g/mol. The van der Waals surface area contributed by atoms with Gasteiger partial charge >= 0.3 is 0 Å². The number of thioether (sulfide) groups is 1. The molecule has 0 spiro atoms. The van der Waals surface area contributed by atoms with Crippen molar-refractivity contribution >= 4 is 23.5 Å². The number of aromatic nitrogens is 4. The molecule has 0 aliphatic carbocycles. The van der Waals surface area contributed by atoms with Crippen LogP contribution in [0.1, 0.15) is 52.4 Å². The smallest absolute Gasteiger partial charge is 0.217 e. The molecule has 0 unspecified atom stereocenters. The van der Waals surface area contributed by atoms with E-state index >= 15 is 0 Å². The van der Waals surface area contributed by atoms with Gasteiger partial charge in [-0.05, 0) is 57.4 Å². The molecular weight excluding hydrogens is 469 g/mol. The molecule has 10 heteroatoms. The molecule has 1 amide bonds. The van der Waals surface area contributed by atoms with Gasteiger partial charge in [-0.1, -0.05) is 17.8 Å². The molecule has 2 N–H and O–H groups in total. The van der Waals surface area contributed by atoms with Crippen molar-refractivity contribution in [1.82, 2.24) is 19.3 Å². The molecule has 0 radical (unpaired) electrons. The first-order valence-corrected chi connectivity index (χ1v) is 12.7. The van der Waals surface area contributed by atoms with E-state index in [1.165, 1.54) is 17.8 Å². The summed E-state index contributed by atoms with van der Waals surface area (Å²) in [5.74, 6) is 0.105. The molecule has 1 aromatic carbocycles. The van der Waals surface area contributed by atoms with Crippen molar-refractivity contribution < 1.29 is 18.7 Å². The van der Waals surface area contributed by atoms with Crippen LogP contribution in [0.3, 0.4) is 0 Å². The summed E-state index contributed by atoms with van der Waals surface area (Å²) in [7, 11) is 0. The highest BCUT2D eigenvalue weighted by Crippen LogP contribution is 2.26. The first kappa shape index (κ1) is 25.1. The van der Waals surface area contributed by atoms with Gasteiger partial charge in [0.15, 0.2) is 10.9 Å². The topological polar surface area (TPSA) is 105 Å². The maximum atomic E-state index is 14.2. The van der Waals surface area contributed by atoms with Crippen molar-refractivity contribution in [2.24, 2.45) is 5.73 Å². The highest BCUT2D eigenvalue weighted by Gasteiger charge is 2.23. The molecule has 1 saturated heterocycles. The van der Waals surface area contributed by atoms with Gasteiger partial charge in [0, 0.05) is 42.1 Å². The van der Waals surface area contributed by atoms with Gasteiger partial charge in [0.1, 0.15) is 11.6 Å². The van der Waals surface area contributed by atoms with Crippen LogP contribution in [0.5, 0.6) is 0 Å². The Morgan fingerprint density at radius 3 is 2.71 bits per heavy atom. The molecule has 186 valence electrons. The second-order valence-electron chi connectivity index (χ2n) is 8.88. The number of carbonyl (C=O) groups excluding carboxylic acids is 2. The first-order chi connectivity index (χ1) is 16.7. The minimum atomic E-state index is -0.398. The second-order valence-corrected chi connectivity index (χ2v) is 9.82. The van der Waals surface area contributed by atoms with Crippen LogP contribution in [0.2, 0.25) is 0 Å². The summed E-state index contributed by atoms with van der Waals surface area (Å²) in [6, 6.07) is 6.91. The Kier molecular flexibility index (Phi) is 7.71. The van der Waals surface area contributed by atoms with Crippen LogP contribution in [0.25, 0.3) is 5.69 Å². The lowest BCUT2D eigenvalue weighted by Crippen LogP contribution is -2.19. The van der Waals surface area contributed by atoms with Crippen molar-refractivity contribution in [2.75, 3.05) is 12.4 Å². The summed E-state index contributed by atoms with van der Waals surface area (Å²) in [5.41, 5.74) is 8.79. The van der Waals surface area contributed by atoms with Crippen molar-refractivity contribution in [2.45, 2.75) is 64.3 Å². The molecule has 3 aromatic rings. The molecule has 35 heavy (non-hydrogen) atoms. The summed E-state index contributed by atoms with van der Waals surface area (Å²) in [6.07, 6.45) is 2.58. The third-order valence-corrected chi connectivity index (χ3v) is 7.24. The van der Waals surface area contributed by atoms with Crippen LogP contribution in [0.4, 0.5) is 4.39 Å². The highest BCUT2D eigenvalue weighted by molar-refractivity contribution is 7.99. The minimum absolute atomic E-state index is 0.0488. The molecule has 0 saturated carbocycles. The van der Waals surface area contributed by atoms with E-state index in [1.807, 2.05) is 35.1 Å². The Bertz CT molecular complexity index is 1250. The lowest BCUT2D eigenvalue weighted by Gasteiger charge is -2.14. The largest absolute Gasteiger partial charge is 0.376 e. The van der Waals surface area contributed by atoms with Gasteiger partial charge in [-0.2, -0.15) is 0 Å². The van der Waals surface area contributed by atoms with Crippen molar-refractivity contribution in [3.8, 4) is 5.69 Å². The molecule has 2 aromatic heterocycles. The van der Waals surface area contributed by atoms with E-state index in [0.29, 0.717) is 40.8 Å². The molecule has 3 heterocycles. The van der Waals surface area contributed by atoms with E-state index in [2.05, 4.69) is 10.2 Å². The van der Waals surface area contributed by atoms with Crippen LogP contribution < -0.4 is 5.73 Å². The number of amides is 1. The van der Waals surface area contributed by atoms with Crippen LogP contribution in [-0.4, -0.2) is 49.5 Å². The molecular formula is C25H30FN5O3S. The zero-order chi connectivity index (χ0) is 25.1. The molecule has 0 bridgehead atoms. The van der Waals surface area contributed by atoms with Crippen molar-refractivity contribution in [3.05, 3.63) is 58.4 Å². The number of hydrogen-bond donors (Lipinski definition) is 1. The predicted molar refractivity (Wildman–Crippen MR) is 132 cm³/mol. The number of nitrogens with zero attached hydrogens (tertiary/aromatic N) is 4. The van der Waals surface area contributed by atoms with Crippen molar-refractivity contribution in [1.29, 1.82) is 0 Å². The zero-order valence-electron chi connectivity index (χ0n) is 20.2. The minimum Gasteiger partial charge on any atom is -0.376 e. The van der Waals surface area contributed by atoms with Gasteiger partial charge in [-0.3, -0.25) is 9.59 Å². The Labute approximate surface area is 208 Å². The monoisotopic (exact) mass is 499 g/mol. The predicted octanol–water partition coefficient (Wildman–Crippen LogP) is 3.71. The lowest BCUT2D eigenvalue weighted by atomic mass is 10.2. The quantitative estimate of drug-likeness (QED) is 0.337. The zero-order valence-corrected chi connectivity index (χ0v) is 21.0. The maximum absolute atomic E-state index is 14.2. The number of ketones is 1. The van der Waals surface area contributed by atoms with E-state index in [4.69, 9.17) is 10.5 Å². The fourth-order valence-electron chi connectivity index (χ4n) is 4.39. The van der Waals surface area contributed by atoms with Gasteiger partial charge in [0.25, 0.3) is 0 Å². The Hall–Kier alpha value is -2.98. The number of benzene rings is 1. The molecule has 1 aliphatic rings. The summed E-state index contributed by atoms with van der Waals surface area (Å²) in [5, 5.41) is 9.14. The number of carbonyl (C=O) groups is 2. The normalized spacial score (nSPS) is 15.6. The van der Waals surface area contributed by atoms with E-state index in [0.717, 1.165) is 30.8 Å². The number of Topliss-reactive ketones (excluding diaryl/α,β-unsaturated/α-hetero) is 1. The maximum Gasteiger partial charge on any atom is 0.217 e. The van der Waals surface area contributed by atoms with E-state index in [1.54, 1.807) is 13.0 Å². The van der Waals surface area contributed by atoms with Crippen LogP contribution in [0, 0.1) is 26.6 Å². The van der Waals surface area contributed by atoms with Gasteiger partial charge in [-0.15, -0.1) is 10.2 Å². The van der Waals surface area contributed by atoms with E-state index < -0.39 is 5.91 Å². The Balaban J connectivity index is 1.52. The second kappa shape index (κ2) is 10.7. The Morgan fingerprint density at radius 1 is 1.23 bits per heavy atom. The first-order valence-electron chi connectivity index (χ1n) is 11.7. The van der Waals surface area contributed by atoms with E-state index in [-0.39, 0.29) is 29.9 Å². The third-order valence-electron chi connectivity index (χ3n) is 6.28. The standard InChI is InChI=1S/C25H30FN5O3S/c1-15-6-7-18(12-21(15)26)31-16(2)11-20(17(31)3)22(32)14-35-25-29-28-24(9-8-23(27)33)30(25)13-19-5-4-10-34-19/h6-7,11-12,19H,4-5,8-10,13-14H2,1-3H3,(H2,27,33)/t19-/m0/s1. The molecule has 1 aliphatic heterocycles. The Morgan fingerprint density at radius 2 is 2.03 bits per heavy atom. The van der Waals surface area contributed by atoms with Gasteiger partial charge < -0.3 is 19.6 Å². The summed E-state index contributed by atoms with van der Waals surface area (Å²) < 4.78 is 23.8. The molecule has 8 nitrogen and oxygen atoms in total. The summed E-state index contributed by atoms with van der Waals surface area (Å²) in [6.45, 7) is 6.79. The molecule has 4 rings (SSSR count). The lowest BCUT2D eigenvalue weighted by molar-refractivity contribution is -0.118. The van der Waals surface area contributed by atoms with Crippen molar-refractivity contribution in [3.63, 3.8) is 0 Å². The fourth-order valence-corrected chi connectivity index (χ4v) is 5.24. The SMILES string of the molecule is Cc1ccc(-n2c(C)cc(C(=O)CSc3nnc(CCC(N)=O)n3C[C@@H]3CCCO3)c2C)cc1F. The fraction of sp³-hybridized carbons (Fsp3) is 0.440. The third kappa shape index (κ3) is 5.65. The molecule has 1 fully saturated rings. The van der Waals surface area contributed by atoms with Crippen LogP contribution in [0.15, 0.2) is 29.4 Å². The highest BCUT2D eigenvalue weighted by atomic mass is 32.2. The number of nitrogens with two attached hydrogens (primary N) is 1. The number of halogens is 1. The number of rotatable bonds is 10.